The zero-order valence-electron chi connectivity index (χ0n) is 13.9. The molecule has 11 nitrogen and oxygen atoms in total. The largest absolute Gasteiger partial charge is 0.381 e. The lowest BCUT2D eigenvalue weighted by Crippen LogP contribution is -2.29. The highest BCUT2D eigenvalue weighted by Gasteiger charge is 2.18. The summed E-state index contributed by atoms with van der Waals surface area (Å²) in [5.41, 5.74) is 5.56. The molecule has 0 aliphatic heterocycles. The third-order valence-electron chi connectivity index (χ3n) is 3.33. The summed E-state index contributed by atoms with van der Waals surface area (Å²) in [6.07, 6.45) is 1.16. The van der Waals surface area contributed by atoms with E-state index in [1.165, 1.54) is 35.8 Å². The molecule has 0 saturated carbocycles. The SMILES string of the molecule is Cc1nc([N+](=O)[O-])cn1CC(=O)Nc1cccc(S(=O)(=O)NCCN)c1. The van der Waals surface area contributed by atoms with Crippen molar-refractivity contribution in [3.63, 3.8) is 0 Å². The smallest absolute Gasteiger partial charge is 0.358 e. The molecule has 0 spiro atoms. The van der Waals surface area contributed by atoms with E-state index >= 15 is 0 Å². The van der Waals surface area contributed by atoms with Gasteiger partial charge in [-0.05, 0) is 28.1 Å². The Bertz CT molecular complexity index is 924. The van der Waals surface area contributed by atoms with Crippen LogP contribution in [0.1, 0.15) is 5.82 Å². The standard InChI is InChI=1S/C14H18N6O5S/c1-10-17-13(20(22)23)8-19(10)9-14(21)18-11-3-2-4-12(7-11)26(24,25)16-6-5-15/h2-4,7-8,16H,5-6,9,15H2,1H3,(H,18,21). The first-order valence-electron chi connectivity index (χ1n) is 7.51. The Hall–Kier alpha value is -2.83. The molecule has 2 rings (SSSR count). The van der Waals surface area contributed by atoms with E-state index < -0.39 is 20.9 Å². The summed E-state index contributed by atoms with van der Waals surface area (Å²) in [5.74, 6) is -0.520. The van der Waals surface area contributed by atoms with Gasteiger partial charge in [0.2, 0.25) is 21.8 Å². The minimum Gasteiger partial charge on any atom is -0.358 e. The van der Waals surface area contributed by atoms with Gasteiger partial charge in [-0.25, -0.2) is 13.1 Å². The number of aromatic nitrogens is 2. The molecule has 0 unspecified atom stereocenters. The van der Waals surface area contributed by atoms with Crippen LogP contribution in [0.4, 0.5) is 11.5 Å². The number of nitrogens with one attached hydrogen (secondary N) is 2. The molecule has 140 valence electrons. The van der Waals surface area contributed by atoms with Crippen LogP contribution < -0.4 is 15.8 Å². The Morgan fingerprint density at radius 3 is 2.77 bits per heavy atom. The number of benzene rings is 1. The molecule has 1 heterocycles. The lowest BCUT2D eigenvalue weighted by atomic mass is 10.3. The first-order valence-corrected chi connectivity index (χ1v) is 8.99. The van der Waals surface area contributed by atoms with Crippen molar-refractivity contribution in [3.8, 4) is 0 Å². The van der Waals surface area contributed by atoms with E-state index in [9.17, 15) is 23.3 Å². The van der Waals surface area contributed by atoms with Gasteiger partial charge in [-0.1, -0.05) is 6.07 Å². The predicted molar refractivity (Wildman–Crippen MR) is 92.9 cm³/mol. The van der Waals surface area contributed by atoms with Crippen molar-refractivity contribution < 1.29 is 18.1 Å². The third-order valence-corrected chi connectivity index (χ3v) is 4.79. The number of hydrogen-bond donors (Lipinski definition) is 3. The molecular formula is C14H18N6O5S. The number of sulfonamides is 1. The van der Waals surface area contributed by atoms with Crippen LogP contribution in [0, 0.1) is 17.0 Å². The number of aryl methyl sites for hydroxylation is 1. The molecule has 12 heteroatoms. The molecule has 26 heavy (non-hydrogen) atoms. The Labute approximate surface area is 149 Å². The van der Waals surface area contributed by atoms with Crippen molar-refractivity contribution >= 4 is 27.4 Å². The minimum atomic E-state index is -3.72. The lowest BCUT2D eigenvalue weighted by molar-refractivity contribution is -0.389. The number of hydrogen-bond acceptors (Lipinski definition) is 7. The van der Waals surface area contributed by atoms with Crippen molar-refractivity contribution in [2.75, 3.05) is 18.4 Å². The number of rotatable bonds is 8. The molecule has 0 atom stereocenters. The van der Waals surface area contributed by atoms with Crippen LogP contribution in [-0.4, -0.2) is 41.9 Å². The van der Waals surface area contributed by atoms with Gasteiger partial charge in [-0.15, -0.1) is 0 Å². The summed E-state index contributed by atoms with van der Waals surface area (Å²) >= 11 is 0. The zero-order chi connectivity index (χ0) is 19.3. The average Bonchev–Trinajstić information content (AvgIpc) is 2.94. The Balaban J connectivity index is 2.10. The maximum absolute atomic E-state index is 12.1. The van der Waals surface area contributed by atoms with Crippen molar-refractivity contribution in [2.24, 2.45) is 5.73 Å². The molecule has 4 N–H and O–H groups in total. The van der Waals surface area contributed by atoms with E-state index in [-0.39, 0.29) is 36.0 Å². The number of anilines is 1. The number of carbonyl (C=O) groups is 1. The molecule has 0 saturated heterocycles. The van der Waals surface area contributed by atoms with E-state index in [2.05, 4.69) is 15.0 Å². The minimum absolute atomic E-state index is 0.0156. The quantitative estimate of drug-likeness (QED) is 0.426. The number of imidazole rings is 1. The van der Waals surface area contributed by atoms with Gasteiger partial charge in [0.15, 0.2) is 0 Å². The second-order valence-corrected chi connectivity index (χ2v) is 7.06. The summed E-state index contributed by atoms with van der Waals surface area (Å²) in [6.45, 7) is 1.59. The normalized spacial score (nSPS) is 11.3. The molecule has 1 amide bonds. The number of nitro groups is 1. The maximum Gasteiger partial charge on any atom is 0.381 e. The van der Waals surface area contributed by atoms with Crippen LogP contribution in [0.3, 0.4) is 0 Å². The van der Waals surface area contributed by atoms with Crippen LogP contribution in [0.5, 0.6) is 0 Å². The van der Waals surface area contributed by atoms with Crippen LogP contribution in [0.15, 0.2) is 35.4 Å². The highest BCUT2D eigenvalue weighted by atomic mass is 32.2. The van der Waals surface area contributed by atoms with Crippen LogP contribution in [-0.2, 0) is 21.4 Å². The van der Waals surface area contributed by atoms with E-state index in [0.29, 0.717) is 5.82 Å². The van der Waals surface area contributed by atoms with E-state index in [1.54, 1.807) is 0 Å². The zero-order valence-corrected chi connectivity index (χ0v) is 14.7. The van der Waals surface area contributed by atoms with E-state index in [0.717, 1.165) is 6.20 Å². The average molecular weight is 382 g/mol. The molecule has 0 radical (unpaired) electrons. The van der Waals surface area contributed by atoms with Crippen molar-refractivity contribution in [1.82, 2.24) is 14.3 Å². The summed E-state index contributed by atoms with van der Waals surface area (Å²) in [5, 5.41) is 13.3. The Morgan fingerprint density at radius 2 is 2.15 bits per heavy atom. The highest BCUT2D eigenvalue weighted by molar-refractivity contribution is 7.89. The van der Waals surface area contributed by atoms with Crippen molar-refractivity contribution in [2.45, 2.75) is 18.4 Å². The number of amides is 1. The highest BCUT2D eigenvalue weighted by Crippen LogP contribution is 2.16. The maximum atomic E-state index is 12.1. The van der Waals surface area contributed by atoms with Crippen LogP contribution >= 0.6 is 0 Å². The first-order chi connectivity index (χ1) is 12.2. The molecule has 1 aromatic heterocycles. The summed E-state index contributed by atoms with van der Waals surface area (Å²) in [6, 6.07) is 5.71. The molecule has 2 aromatic rings. The molecule has 0 bridgehead atoms. The molecule has 1 aromatic carbocycles. The number of nitrogens with two attached hydrogens (primary N) is 1. The Kier molecular flexibility index (Phi) is 6.02. The van der Waals surface area contributed by atoms with Gasteiger partial charge in [0.25, 0.3) is 0 Å². The molecule has 0 aliphatic carbocycles. The predicted octanol–water partition coefficient (Wildman–Crippen LogP) is -0.0246. The van der Waals surface area contributed by atoms with E-state index in [4.69, 9.17) is 5.73 Å². The van der Waals surface area contributed by atoms with E-state index in [1.807, 2.05) is 0 Å². The fraction of sp³-hybridized carbons (Fsp3) is 0.286. The summed E-state index contributed by atoms with van der Waals surface area (Å²) < 4.78 is 27.8. The molecule has 0 aliphatic rings. The molecular weight excluding hydrogens is 364 g/mol. The van der Waals surface area contributed by atoms with Gasteiger partial charge in [0.1, 0.15) is 12.7 Å². The van der Waals surface area contributed by atoms with Crippen LogP contribution in [0.25, 0.3) is 0 Å². The van der Waals surface area contributed by atoms with Gasteiger partial charge in [0.05, 0.1) is 4.90 Å². The number of nitrogens with zero attached hydrogens (tertiary/aromatic N) is 3. The van der Waals surface area contributed by atoms with Crippen molar-refractivity contribution in [1.29, 1.82) is 0 Å². The lowest BCUT2D eigenvalue weighted by Gasteiger charge is -2.09. The summed E-state index contributed by atoms with van der Waals surface area (Å²) in [7, 11) is -3.72. The van der Waals surface area contributed by atoms with Gasteiger partial charge in [0, 0.05) is 25.7 Å². The summed E-state index contributed by atoms with van der Waals surface area (Å²) in [4.78, 5) is 25.9. The van der Waals surface area contributed by atoms with Crippen LogP contribution in [0.2, 0.25) is 0 Å². The molecule has 0 fully saturated rings. The first kappa shape index (κ1) is 19.5. The van der Waals surface area contributed by atoms with Gasteiger partial charge in [-0.3, -0.25) is 9.36 Å². The van der Waals surface area contributed by atoms with Gasteiger partial charge >= 0.3 is 5.82 Å². The van der Waals surface area contributed by atoms with Gasteiger partial charge < -0.3 is 21.2 Å². The third kappa shape index (κ3) is 4.84. The fourth-order valence-electron chi connectivity index (χ4n) is 2.11. The fourth-order valence-corrected chi connectivity index (χ4v) is 3.21. The number of carbonyl (C=O) groups excluding carboxylic acids is 1. The Morgan fingerprint density at radius 1 is 1.42 bits per heavy atom. The second-order valence-electron chi connectivity index (χ2n) is 5.29. The van der Waals surface area contributed by atoms with Crippen molar-refractivity contribution in [3.05, 3.63) is 46.4 Å². The van der Waals surface area contributed by atoms with Gasteiger partial charge in [-0.2, -0.15) is 0 Å². The monoisotopic (exact) mass is 382 g/mol. The topological polar surface area (TPSA) is 162 Å². The second kappa shape index (κ2) is 8.03.